The van der Waals surface area contributed by atoms with E-state index in [1.54, 1.807) is 0 Å². The van der Waals surface area contributed by atoms with E-state index in [1.807, 2.05) is 22.8 Å². The summed E-state index contributed by atoms with van der Waals surface area (Å²) in [6, 6.07) is 5.96. The second-order valence-electron chi connectivity index (χ2n) is 3.13. The molecule has 0 aliphatic carbocycles. The minimum atomic E-state index is 0.139. The van der Waals surface area contributed by atoms with E-state index in [-0.39, 0.29) is 4.87 Å². The van der Waals surface area contributed by atoms with Gasteiger partial charge in [0.25, 0.3) is 0 Å². The van der Waals surface area contributed by atoms with E-state index in [2.05, 4.69) is 22.9 Å². The quantitative estimate of drug-likeness (QED) is 0.822. The number of aromatic nitrogens is 1. The first-order chi connectivity index (χ1) is 6.72. The highest BCUT2D eigenvalue weighted by Crippen LogP contribution is 2.22. The van der Waals surface area contributed by atoms with Crippen molar-refractivity contribution in [2.45, 2.75) is 19.9 Å². The summed E-state index contributed by atoms with van der Waals surface area (Å²) in [5, 5.41) is 0. The fourth-order valence-corrected chi connectivity index (χ4v) is 2.94. The summed E-state index contributed by atoms with van der Waals surface area (Å²) in [7, 11) is 0. The number of hydrogen-bond acceptors (Lipinski definition) is 2. The van der Waals surface area contributed by atoms with Crippen LogP contribution in [0.4, 0.5) is 0 Å². The van der Waals surface area contributed by atoms with Crippen molar-refractivity contribution in [3.05, 3.63) is 32.3 Å². The van der Waals surface area contributed by atoms with Crippen molar-refractivity contribution in [3.63, 3.8) is 0 Å². The zero-order valence-electron chi connectivity index (χ0n) is 7.79. The molecular weight excluding hydrogens is 262 g/mol. The van der Waals surface area contributed by atoms with Crippen LogP contribution in [0.15, 0.2) is 27.5 Å². The van der Waals surface area contributed by atoms with Crippen molar-refractivity contribution >= 4 is 37.5 Å². The summed E-state index contributed by atoms with van der Waals surface area (Å²) in [6.45, 7) is 2.88. The van der Waals surface area contributed by atoms with Crippen molar-refractivity contribution in [2.24, 2.45) is 0 Å². The molecule has 14 heavy (non-hydrogen) atoms. The molecule has 0 aliphatic rings. The smallest absolute Gasteiger partial charge is 0.299 e. The molecule has 74 valence electrons. The highest BCUT2D eigenvalue weighted by molar-refractivity contribution is 9.10. The van der Waals surface area contributed by atoms with Crippen LogP contribution in [0.5, 0.6) is 0 Å². The van der Waals surface area contributed by atoms with Gasteiger partial charge < -0.3 is 0 Å². The lowest BCUT2D eigenvalue weighted by atomic mass is 10.3. The normalized spacial score (nSPS) is 11.0. The molecule has 0 amide bonds. The lowest BCUT2D eigenvalue weighted by Crippen LogP contribution is -2.11. The third-order valence-electron chi connectivity index (χ3n) is 2.08. The number of thiazole rings is 1. The van der Waals surface area contributed by atoms with E-state index in [0.717, 1.165) is 27.7 Å². The molecule has 2 aromatic rings. The van der Waals surface area contributed by atoms with Crippen LogP contribution in [-0.2, 0) is 6.54 Å². The Morgan fingerprint density at radius 1 is 1.50 bits per heavy atom. The predicted molar refractivity (Wildman–Crippen MR) is 64.1 cm³/mol. The lowest BCUT2D eigenvalue weighted by Gasteiger charge is -1.99. The van der Waals surface area contributed by atoms with E-state index >= 15 is 0 Å². The highest BCUT2D eigenvalue weighted by atomic mass is 79.9. The first kappa shape index (κ1) is 9.93. The zero-order chi connectivity index (χ0) is 10.1. The Morgan fingerprint density at radius 3 is 3.00 bits per heavy atom. The fourth-order valence-electron chi connectivity index (χ4n) is 1.48. The molecule has 0 saturated carbocycles. The van der Waals surface area contributed by atoms with Crippen molar-refractivity contribution in [1.29, 1.82) is 0 Å². The van der Waals surface area contributed by atoms with Gasteiger partial charge in [-0.05, 0) is 24.6 Å². The Bertz CT molecular complexity index is 514. The molecule has 2 rings (SSSR count). The Balaban J connectivity index is 2.71. The minimum Gasteiger partial charge on any atom is -0.299 e. The highest BCUT2D eigenvalue weighted by Gasteiger charge is 2.05. The molecule has 2 nitrogen and oxygen atoms in total. The van der Waals surface area contributed by atoms with Gasteiger partial charge in [-0.2, -0.15) is 0 Å². The van der Waals surface area contributed by atoms with E-state index in [1.165, 1.54) is 11.3 Å². The van der Waals surface area contributed by atoms with Crippen LogP contribution in [0.2, 0.25) is 0 Å². The summed E-state index contributed by atoms with van der Waals surface area (Å²) >= 11 is 4.71. The molecule has 0 unspecified atom stereocenters. The van der Waals surface area contributed by atoms with Crippen LogP contribution in [0.25, 0.3) is 10.2 Å². The maximum Gasteiger partial charge on any atom is 0.308 e. The van der Waals surface area contributed by atoms with Gasteiger partial charge in [0.1, 0.15) is 0 Å². The van der Waals surface area contributed by atoms with Gasteiger partial charge in [-0.1, -0.05) is 34.2 Å². The van der Waals surface area contributed by atoms with E-state index in [4.69, 9.17) is 0 Å². The molecule has 0 atom stereocenters. The van der Waals surface area contributed by atoms with E-state index in [9.17, 15) is 4.79 Å². The van der Waals surface area contributed by atoms with Crippen LogP contribution in [-0.4, -0.2) is 4.57 Å². The summed E-state index contributed by atoms with van der Waals surface area (Å²) in [4.78, 5) is 11.7. The van der Waals surface area contributed by atoms with E-state index in [0.29, 0.717) is 0 Å². The number of benzene rings is 1. The third-order valence-corrected chi connectivity index (χ3v) is 3.51. The van der Waals surface area contributed by atoms with Gasteiger partial charge in [0, 0.05) is 11.0 Å². The van der Waals surface area contributed by atoms with Crippen molar-refractivity contribution in [2.75, 3.05) is 0 Å². The first-order valence-corrected chi connectivity index (χ1v) is 6.12. The first-order valence-electron chi connectivity index (χ1n) is 4.51. The molecule has 1 aromatic carbocycles. The molecule has 4 heteroatoms. The minimum absolute atomic E-state index is 0.139. The SMILES string of the molecule is CCCn1c(=O)sc2cc(Br)ccc21. The summed E-state index contributed by atoms with van der Waals surface area (Å²) in [6.07, 6.45) is 0.988. The summed E-state index contributed by atoms with van der Waals surface area (Å²) in [5.41, 5.74) is 1.05. The standard InChI is InChI=1S/C10H10BrNOS/c1-2-5-12-8-4-3-7(11)6-9(8)14-10(12)13/h3-4,6H,2,5H2,1H3. The van der Waals surface area contributed by atoms with Gasteiger partial charge in [0.05, 0.1) is 10.2 Å². The number of hydrogen-bond donors (Lipinski definition) is 0. The average molecular weight is 272 g/mol. The van der Waals surface area contributed by atoms with Gasteiger partial charge in [0.2, 0.25) is 0 Å². The molecular formula is C10H10BrNOS. The molecule has 0 radical (unpaired) electrons. The number of nitrogens with zero attached hydrogens (tertiary/aromatic N) is 1. The predicted octanol–water partition coefficient (Wildman–Crippen LogP) is 3.24. The molecule has 0 fully saturated rings. The van der Waals surface area contributed by atoms with Crippen molar-refractivity contribution < 1.29 is 0 Å². The summed E-state index contributed by atoms with van der Waals surface area (Å²) in [5.74, 6) is 0. The summed E-state index contributed by atoms with van der Waals surface area (Å²) < 4.78 is 3.92. The van der Waals surface area contributed by atoms with Crippen LogP contribution in [0, 0.1) is 0 Å². The Labute approximate surface area is 94.3 Å². The second-order valence-corrected chi connectivity index (χ2v) is 5.04. The Morgan fingerprint density at radius 2 is 2.29 bits per heavy atom. The number of halogens is 1. The Hall–Kier alpha value is -0.610. The lowest BCUT2D eigenvalue weighted by molar-refractivity contribution is 0.690. The van der Waals surface area contributed by atoms with Crippen LogP contribution in [0.1, 0.15) is 13.3 Å². The molecule has 1 heterocycles. The largest absolute Gasteiger partial charge is 0.308 e. The monoisotopic (exact) mass is 271 g/mol. The molecule has 0 N–H and O–H groups in total. The topological polar surface area (TPSA) is 22.0 Å². The molecule has 1 aromatic heterocycles. The number of rotatable bonds is 2. The van der Waals surface area contributed by atoms with Crippen LogP contribution < -0.4 is 4.87 Å². The van der Waals surface area contributed by atoms with Gasteiger partial charge in [0.15, 0.2) is 0 Å². The molecule has 0 bridgehead atoms. The van der Waals surface area contributed by atoms with Gasteiger partial charge in [-0.25, -0.2) is 0 Å². The number of aryl methyl sites for hydroxylation is 1. The molecule has 0 aliphatic heterocycles. The van der Waals surface area contributed by atoms with Crippen LogP contribution >= 0.6 is 27.3 Å². The maximum absolute atomic E-state index is 11.6. The Kier molecular flexibility index (Phi) is 2.74. The number of fused-ring (bicyclic) bond motifs is 1. The van der Waals surface area contributed by atoms with Gasteiger partial charge in [-0.3, -0.25) is 9.36 Å². The van der Waals surface area contributed by atoms with Gasteiger partial charge >= 0.3 is 4.87 Å². The maximum atomic E-state index is 11.6. The zero-order valence-corrected chi connectivity index (χ0v) is 10.2. The van der Waals surface area contributed by atoms with Crippen molar-refractivity contribution in [3.8, 4) is 0 Å². The second kappa shape index (κ2) is 3.87. The third kappa shape index (κ3) is 1.64. The van der Waals surface area contributed by atoms with Gasteiger partial charge in [-0.15, -0.1) is 0 Å². The molecule has 0 saturated heterocycles. The average Bonchev–Trinajstić information content (AvgIpc) is 2.43. The van der Waals surface area contributed by atoms with Crippen molar-refractivity contribution in [1.82, 2.24) is 4.57 Å². The van der Waals surface area contributed by atoms with Crippen LogP contribution in [0.3, 0.4) is 0 Å². The fraction of sp³-hybridized carbons (Fsp3) is 0.300. The van der Waals surface area contributed by atoms with E-state index < -0.39 is 0 Å². The molecule has 0 spiro atoms.